The zero-order valence-corrected chi connectivity index (χ0v) is 17.9. The zero-order chi connectivity index (χ0) is 20.1. The summed E-state index contributed by atoms with van der Waals surface area (Å²) < 4.78 is 32.6. The predicted octanol–water partition coefficient (Wildman–Crippen LogP) is 4.59. The number of hydrogen-bond donors (Lipinski definition) is 0. The second-order valence-corrected chi connectivity index (χ2v) is 9.73. The molecule has 0 N–H and O–H groups in total. The molecule has 150 valence electrons. The predicted molar refractivity (Wildman–Crippen MR) is 111 cm³/mol. The number of halogens is 1. The van der Waals surface area contributed by atoms with E-state index in [-0.39, 0.29) is 22.1 Å². The largest absolute Gasteiger partial charge is 0.457 e. The first kappa shape index (κ1) is 21.2. The molecule has 2 aromatic rings. The molecule has 1 fully saturated rings. The number of sulfonamides is 1. The van der Waals surface area contributed by atoms with Gasteiger partial charge in [-0.25, -0.2) is 13.2 Å². The molecule has 0 aliphatic carbocycles. The molecule has 2 aromatic carbocycles. The van der Waals surface area contributed by atoms with Crippen molar-refractivity contribution in [2.75, 3.05) is 19.3 Å². The van der Waals surface area contributed by atoms with Crippen LogP contribution in [0.2, 0.25) is 5.02 Å². The van der Waals surface area contributed by atoms with Crippen molar-refractivity contribution in [3.63, 3.8) is 0 Å². The van der Waals surface area contributed by atoms with Crippen LogP contribution in [0.15, 0.2) is 52.3 Å². The van der Waals surface area contributed by atoms with Crippen molar-refractivity contribution in [1.82, 2.24) is 4.31 Å². The monoisotopic (exact) mass is 439 g/mol. The average molecular weight is 440 g/mol. The molecule has 5 nitrogen and oxygen atoms in total. The summed E-state index contributed by atoms with van der Waals surface area (Å²) in [4.78, 5) is 13.5. The second-order valence-electron chi connectivity index (χ2n) is 6.53. The highest BCUT2D eigenvalue weighted by Crippen LogP contribution is 2.28. The average Bonchev–Trinajstić information content (AvgIpc) is 2.73. The highest BCUT2D eigenvalue weighted by molar-refractivity contribution is 7.98. The molecule has 0 spiro atoms. The van der Waals surface area contributed by atoms with E-state index < -0.39 is 16.0 Å². The molecule has 0 amide bonds. The Balaban J connectivity index is 1.75. The minimum absolute atomic E-state index is 0.0464. The van der Waals surface area contributed by atoms with Gasteiger partial charge in [0.2, 0.25) is 10.0 Å². The lowest BCUT2D eigenvalue weighted by molar-refractivity contribution is 0.0472. The molecule has 0 saturated carbocycles. The minimum atomic E-state index is -3.73. The fourth-order valence-electron chi connectivity index (χ4n) is 3.03. The quantitative estimate of drug-likeness (QED) is 0.486. The maximum Gasteiger partial charge on any atom is 0.338 e. The fourth-order valence-corrected chi connectivity index (χ4v) is 5.45. The van der Waals surface area contributed by atoms with Crippen LogP contribution in [-0.2, 0) is 21.4 Å². The first-order valence-electron chi connectivity index (χ1n) is 9.01. The van der Waals surface area contributed by atoms with E-state index in [9.17, 15) is 13.2 Å². The van der Waals surface area contributed by atoms with Crippen LogP contribution in [0.3, 0.4) is 0 Å². The fraction of sp³-hybridized carbons (Fsp3) is 0.350. The van der Waals surface area contributed by atoms with Gasteiger partial charge < -0.3 is 4.74 Å². The van der Waals surface area contributed by atoms with E-state index in [4.69, 9.17) is 16.3 Å². The topological polar surface area (TPSA) is 63.7 Å². The number of benzene rings is 2. The lowest BCUT2D eigenvalue weighted by Gasteiger charge is -2.26. The summed E-state index contributed by atoms with van der Waals surface area (Å²) in [6, 6.07) is 11.9. The van der Waals surface area contributed by atoms with Crippen LogP contribution in [0.5, 0.6) is 0 Å². The Labute approximate surface area is 175 Å². The van der Waals surface area contributed by atoms with E-state index >= 15 is 0 Å². The van der Waals surface area contributed by atoms with Gasteiger partial charge >= 0.3 is 5.97 Å². The van der Waals surface area contributed by atoms with Crippen molar-refractivity contribution in [3.05, 3.63) is 58.6 Å². The molecular weight excluding hydrogens is 418 g/mol. The van der Waals surface area contributed by atoms with Crippen LogP contribution in [0.25, 0.3) is 0 Å². The van der Waals surface area contributed by atoms with Gasteiger partial charge in [0.25, 0.3) is 0 Å². The number of hydrogen-bond acceptors (Lipinski definition) is 5. The Morgan fingerprint density at radius 1 is 1.11 bits per heavy atom. The molecule has 1 heterocycles. The van der Waals surface area contributed by atoms with Gasteiger partial charge in [-0.05, 0) is 55.0 Å². The number of piperidine rings is 1. The summed E-state index contributed by atoms with van der Waals surface area (Å²) in [6.45, 7) is 1.06. The lowest BCUT2D eigenvalue weighted by atomic mass is 10.2. The van der Waals surface area contributed by atoms with Crippen molar-refractivity contribution >= 4 is 39.4 Å². The third-order valence-corrected chi connectivity index (χ3v) is 7.75. The molecule has 1 aliphatic rings. The first-order chi connectivity index (χ1) is 13.4. The Morgan fingerprint density at radius 3 is 2.43 bits per heavy atom. The maximum absolute atomic E-state index is 12.9. The van der Waals surface area contributed by atoms with Crippen molar-refractivity contribution in [2.24, 2.45) is 0 Å². The Bertz CT molecular complexity index is 939. The summed E-state index contributed by atoms with van der Waals surface area (Å²) in [7, 11) is -3.73. The molecule has 1 saturated heterocycles. The summed E-state index contributed by atoms with van der Waals surface area (Å²) >= 11 is 7.78. The smallest absolute Gasteiger partial charge is 0.338 e. The molecule has 28 heavy (non-hydrogen) atoms. The number of rotatable bonds is 6. The van der Waals surface area contributed by atoms with Crippen molar-refractivity contribution < 1.29 is 17.9 Å². The van der Waals surface area contributed by atoms with E-state index in [1.165, 1.54) is 22.5 Å². The number of esters is 1. The third kappa shape index (κ3) is 4.89. The van der Waals surface area contributed by atoms with E-state index in [0.717, 1.165) is 29.7 Å². The zero-order valence-electron chi connectivity index (χ0n) is 15.6. The number of thioether (sulfide) groups is 1. The van der Waals surface area contributed by atoms with Crippen LogP contribution < -0.4 is 0 Å². The minimum Gasteiger partial charge on any atom is -0.457 e. The molecule has 0 unspecified atom stereocenters. The lowest BCUT2D eigenvalue weighted by Crippen LogP contribution is -2.35. The molecule has 0 bridgehead atoms. The van der Waals surface area contributed by atoms with Crippen LogP contribution in [0, 0.1) is 0 Å². The number of nitrogens with zero attached hydrogens (tertiary/aromatic N) is 1. The Morgan fingerprint density at radius 2 is 1.79 bits per heavy atom. The van der Waals surface area contributed by atoms with Crippen molar-refractivity contribution in [2.45, 2.75) is 35.7 Å². The van der Waals surface area contributed by atoms with Gasteiger partial charge in [-0.1, -0.05) is 30.2 Å². The normalized spacial score (nSPS) is 15.4. The van der Waals surface area contributed by atoms with Crippen LogP contribution >= 0.6 is 23.4 Å². The summed E-state index contributed by atoms with van der Waals surface area (Å²) in [5.41, 5.74) is 1.03. The first-order valence-corrected chi connectivity index (χ1v) is 12.1. The van der Waals surface area contributed by atoms with E-state index in [2.05, 4.69) is 0 Å². The molecule has 1 aliphatic heterocycles. The summed E-state index contributed by atoms with van der Waals surface area (Å²) in [5, 5.41) is 0.106. The van der Waals surface area contributed by atoms with Crippen LogP contribution in [0.4, 0.5) is 0 Å². The molecule has 0 atom stereocenters. The second kappa shape index (κ2) is 9.31. The van der Waals surface area contributed by atoms with Crippen molar-refractivity contribution in [1.29, 1.82) is 0 Å². The number of carbonyl (C=O) groups is 1. The van der Waals surface area contributed by atoms with Gasteiger partial charge in [-0.2, -0.15) is 4.31 Å². The Hall–Kier alpha value is -1.54. The molecule has 8 heteroatoms. The van der Waals surface area contributed by atoms with Crippen LogP contribution in [-0.4, -0.2) is 38.0 Å². The van der Waals surface area contributed by atoms with Gasteiger partial charge in [-0.3, -0.25) is 0 Å². The van der Waals surface area contributed by atoms with Gasteiger partial charge in [0, 0.05) is 18.0 Å². The standard InChI is InChI=1S/C20H22ClNO4S2/c1-27-17-8-5-15(6-9-17)14-26-20(23)16-7-10-18(21)19(13-16)28(24,25)22-11-3-2-4-12-22/h5-10,13H,2-4,11-12,14H2,1H3. The maximum atomic E-state index is 12.9. The number of carbonyl (C=O) groups excluding carboxylic acids is 1. The molecule has 0 radical (unpaired) electrons. The highest BCUT2D eigenvalue weighted by atomic mass is 35.5. The summed E-state index contributed by atoms with van der Waals surface area (Å²) in [6.07, 6.45) is 4.66. The molecule has 0 aromatic heterocycles. The van der Waals surface area contributed by atoms with Gasteiger partial charge in [0.05, 0.1) is 10.6 Å². The highest BCUT2D eigenvalue weighted by Gasteiger charge is 2.29. The molecule has 3 rings (SSSR count). The van der Waals surface area contributed by atoms with E-state index in [0.29, 0.717) is 13.1 Å². The van der Waals surface area contributed by atoms with Crippen molar-refractivity contribution in [3.8, 4) is 0 Å². The van der Waals surface area contributed by atoms with Gasteiger partial charge in [0.1, 0.15) is 11.5 Å². The Kier molecular flexibility index (Phi) is 7.04. The third-order valence-electron chi connectivity index (χ3n) is 4.63. The van der Waals surface area contributed by atoms with Gasteiger partial charge in [-0.15, -0.1) is 11.8 Å². The SMILES string of the molecule is CSc1ccc(COC(=O)c2ccc(Cl)c(S(=O)(=O)N3CCCCC3)c2)cc1. The van der Waals surface area contributed by atoms with Gasteiger partial charge in [0.15, 0.2) is 0 Å². The van der Waals surface area contributed by atoms with E-state index in [1.807, 2.05) is 30.5 Å². The molecular formula is C20H22ClNO4S2. The van der Waals surface area contributed by atoms with Crippen LogP contribution in [0.1, 0.15) is 35.2 Å². The number of ether oxygens (including phenoxy) is 1. The van der Waals surface area contributed by atoms with E-state index in [1.54, 1.807) is 11.8 Å². The summed E-state index contributed by atoms with van der Waals surface area (Å²) in [5.74, 6) is -0.583.